The summed E-state index contributed by atoms with van der Waals surface area (Å²) < 4.78 is 34.2. The molecule has 172 valence electrons. The molecule has 0 atom stereocenters. The van der Waals surface area contributed by atoms with Crippen LogP contribution < -0.4 is 10.0 Å². The number of hydrogen-bond acceptors (Lipinski definition) is 7. The molecule has 0 radical (unpaired) electrons. The molecule has 2 heterocycles. The highest BCUT2D eigenvalue weighted by atomic mass is 32.2. The molecule has 4 aromatic rings. The Morgan fingerprint density at radius 3 is 2.24 bits per heavy atom. The number of hydrogen-bond donors (Lipinski definition) is 2. The van der Waals surface area contributed by atoms with Gasteiger partial charge in [-0.05, 0) is 67.4 Å². The fourth-order valence-electron chi connectivity index (χ4n) is 3.28. The standard InChI is InChI=1S/C24H21N5O4S/c1-24(11-12-24)23(30)26-18-5-7-19(8-6-18)29-34(31,32)20-4-2-3-17(15-20)22-28-27-21(33-22)16-9-13-25-14-10-16/h2-10,13-15,29H,11-12H2,1H3,(H,26,30). The number of rotatable bonds is 7. The van der Waals surface area contributed by atoms with Gasteiger partial charge in [-0.15, -0.1) is 10.2 Å². The number of nitrogens with one attached hydrogen (secondary N) is 2. The number of sulfonamides is 1. The van der Waals surface area contributed by atoms with Gasteiger partial charge in [0.15, 0.2) is 0 Å². The number of pyridine rings is 1. The zero-order valence-corrected chi connectivity index (χ0v) is 19.0. The van der Waals surface area contributed by atoms with Crippen molar-refractivity contribution in [1.82, 2.24) is 15.2 Å². The van der Waals surface area contributed by atoms with Crippen LogP contribution >= 0.6 is 0 Å². The maximum absolute atomic E-state index is 13.0. The third kappa shape index (κ3) is 4.53. The van der Waals surface area contributed by atoms with E-state index in [1.54, 1.807) is 60.9 Å². The van der Waals surface area contributed by atoms with E-state index < -0.39 is 10.0 Å². The summed E-state index contributed by atoms with van der Waals surface area (Å²) in [5.74, 6) is 0.491. The highest BCUT2D eigenvalue weighted by molar-refractivity contribution is 7.92. The molecule has 9 nitrogen and oxygen atoms in total. The minimum absolute atomic E-state index is 0.0224. The van der Waals surface area contributed by atoms with Crippen LogP contribution in [0.5, 0.6) is 0 Å². The number of carbonyl (C=O) groups is 1. The van der Waals surface area contributed by atoms with Gasteiger partial charge in [-0.25, -0.2) is 8.42 Å². The minimum Gasteiger partial charge on any atom is -0.416 e. The zero-order valence-electron chi connectivity index (χ0n) is 18.2. The molecule has 0 unspecified atom stereocenters. The molecule has 0 spiro atoms. The molecule has 2 aromatic carbocycles. The summed E-state index contributed by atoms with van der Waals surface area (Å²) in [7, 11) is -3.87. The fraction of sp³-hybridized carbons (Fsp3) is 0.167. The van der Waals surface area contributed by atoms with Crippen LogP contribution in [0.2, 0.25) is 0 Å². The van der Waals surface area contributed by atoms with Crippen molar-refractivity contribution in [2.24, 2.45) is 5.41 Å². The number of amides is 1. The van der Waals surface area contributed by atoms with E-state index in [1.807, 2.05) is 6.92 Å². The molecule has 1 amide bonds. The number of benzene rings is 2. The lowest BCUT2D eigenvalue weighted by Gasteiger charge is -2.12. The van der Waals surface area contributed by atoms with Crippen molar-refractivity contribution >= 4 is 27.3 Å². The predicted octanol–water partition coefficient (Wildman–Crippen LogP) is 4.34. The normalized spacial score (nSPS) is 14.4. The molecule has 0 aliphatic heterocycles. The van der Waals surface area contributed by atoms with Gasteiger partial charge in [-0.3, -0.25) is 14.5 Å². The summed E-state index contributed by atoms with van der Waals surface area (Å²) in [5, 5.41) is 10.9. The number of carbonyl (C=O) groups excluding carboxylic acids is 1. The van der Waals surface area contributed by atoms with Crippen LogP contribution in [0.1, 0.15) is 19.8 Å². The average Bonchev–Trinajstić information content (AvgIpc) is 3.41. The van der Waals surface area contributed by atoms with E-state index >= 15 is 0 Å². The molecule has 1 fully saturated rings. The molecule has 1 saturated carbocycles. The summed E-state index contributed by atoms with van der Waals surface area (Å²) in [6.45, 7) is 1.92. The van der Waals surface area contributed by atoms with Crippen LogP contribution in [0.4, 0.5) is 11.4 Å². The summed E-state index contributed by atoms with van der Waals surface area (Å²) >= 11 is 0. The summed E-state index contributed by atoms with van der Waals surface area (Å²) in [6, 6.07) is 16.3. The number of anilines is 2. The Labute approximate surface area is 196 Å². The van der Waals surface area contributed by atoms with Gasteiger partial charge >= 0.3 is 0 Å². The first kappa shape index (κ1) is 21.8. The Morgan fingerprint density at radius 1 is 0.912 bits per heavy atom. The molecule has 2 aromatic heterocycles. The van der Waals surface area contributed by atoms with Crippen LogP contribution in [0.25, 0.3) is 22.9 Å². The van der Waals surface area contributed by atoms with Crippen LogP contribution in [0.3, 0.4) is 0 Å². The highest BCUT2D eigenvalue weighted by Crippen LogP contribution is 2.45. The second-order valence-corrected chi connectivity index (χ2v) is 10.1. The van der Waals surface area contributed by atoms with E-state index in [-0.39, 0.29) is 22.1 Å². The Hall–Kier alpha value is -4.05. The van der Waals surface area contributed by atoms with Crippen molar-refractivity contribution < 1.29 is 17.6 Å². The molecule has 0 bridgehead atoms. The van der Waals surface area contributed by atoms with E-state index in [2.05, 4.69) is 25.2 Å². The van der Waals surface area contributed by atoms with Gasteiger partial charge in [0.05, 0.1) is 4.90 Å². The van der Waals surface area contributed by atoms with Crippen molar-refractivity contribution in [2.45, 2.75) is 24.7 Å². The van der Waals surface area contributed by atoms with Crippen molar-refractivity contribution in [2.75, 3.05) is 10.0 Å². The first-order valence-electron chi connectivity index (χ1n) is 10.6. The third-order valence-corrected chi connectivity index (χ3v) is 7.07. The van der Waals surface area contributed by atoms with Crippen molar-refractivity contribution in [3.05, 3.63) is 73.1 Å². The first-order chi connectivity index (χ1) is 16.3. The lowest BCUT2D eigenvalue weighted by atomic mass is 10.1. The van der Waals surface area contributed by atoms with E-state index in [9.17, 15) is 13.2 Å². The predicted molar refractivity (Wildman–Crippen MR) is 126 cm³/mol. The summed E-state index contributed by atoms with van der Waals surface area (Å²) in [4.78, 5) is 16.2. The maximum Gasteiger partial charge on any atom is 0.261 e. The van der Waals surface area contributed by atoms with Crippen LogP contribution in [-0.4, -0.2) is 29.5 Å². The van der Waals surface area contributed by atoms with Crippen LogP contribution in [0.15, 0.2) is 82.4 Å². The first-order valence-corrected chi connectivity index (χ1v) is 12.1. The second-order valence-electron chi connectivity index (χ2n) is 8.37. The zero-order chi connectivity index (χ0) is 23.8. The lowest BCUT2D eigenvalue weighted by molar-refractivity contribution is -0.120. The molecule has 5 rings (SSSR count). The van der Waals surface area contributed by atoms with Gasteiger partial charge in [0.1, 0.15) is 0 Å². The Morgan fingerprint density at radius 2 is 1.56 bits per heavy atom. The van der Waals surface area contributed by atoms with E-state index in [0.29, 0.717) is 28.4 Å². The summed E-state index contributed by atoms with van der Waals surface area (Å²) in [5.41, 5.74) is 1.89. The number of nitrogens with zero attached hydrogens (tertiary/aromatic N) is 3. The van der Waals surface area contributed by atoms with Gasteiger partial charge < -0.3 is 9.73 Å². The minimum atomic E-state index is -3.87. The van der Waals surface area contributed by atoms with Crippen LogP contribution in [-0.2, 0) is 14.8 Å². The summed E-state index contributed by atoms with van der Waals surface area (Å²) in [6.07, 6.45) is 4.99. The quantitative estimate of drug-likeness (QED) is 0.407. The monoisotopic (exact) mass is 475 g/mol. The van der Waals surface area contributed by atoms with Gasteiger partial charge in [0.2, 0.25) is 17.7 Å². The molecule has 1 aliphatic rings. The molecular weight excluding hydrogens is 454 g/mol. The van der Waals surface area contributed by atoms with Crippen molar-refractivity contribution in [3.8, 4) is 22.9 Å². The van der Waals surface area contributed by atoms with Gasteiger partial charge in [-0.2, -0.15) is 0 Å². The molecule has 10 heteroatoms. The largest absolute Gasteiger partial charge is 0.416 e. The molecular formula is C24H21N5O4S. The van der Waals surface area contributed by atoms with E-state index in [0.717, 1.165) is 12.8 Å². The lowest BCUT2D eigenvalue weighted by Crippen LogP contribution is -2.21. The molecule has 0 saturated heterocycles. The maximum atomic E-state index is 13.0. The van der Waals surface area contributed by atoms with Crippen LogP contribution in [0, 0.1) is 5.41 Å². The topological polar surface area (TPSA) is 127 Å². The number of aromatic nitrogens is 3. The second kappa shape index (κ2) is 8.38. The molecule has 34 heavy (non-hydrogen) atoms. The van der Waals surface area contributed by atoms with Gasteiger partial charge in [0.25, 0.3) is 10.0 Å². The van der Waals surface area contributed by atoms with Crippen molar-refractivity contribution in [1.29, 1.82) is 0 Å². The molecule has 1 aliphatic carbocycles. The third-order valence-electron chi connectivity index (χ3n) is 5.69. The van der Waals surface area contributed by atoms with E-state index in [1.165, 1.54) is 12.1 Å². The highest BCUT2D eigenvalue weighted by Gasteiger charge is 2.44. The fourth-order valence-corrected chi connectivity index (χ4v) is 4.38. The Bertz CT molecular complexity index is 1450. The molecule has 2 N–H and O–H groups in total. The smallest absolute Gasteiger partial charge is 0.261 e. The van der Waals surface area contributed by atoms with E-state index in [4.69, 9.17) is 4.42 Å². The average molecular weight is 476 g/mol. The Kier molecular flexibility index (Phi) is 5.37. The SMILES string of the molecule is CC1(C(=O)Nc2ccc(NS(=O)(=O)c3cccc(-c4nnc(-c5ccncc5)o4)c3)cc2)CC1. The van der Waals surface area contributed by atoms with Gasteiger partial charge in [0, 0.05) is 40.3 Å². The van der Waals surface area contributed by atoms with Gasteiger partial charge in [-0.1, -0.05) is 13.0 Å². The van der Waals surface area contributed by atoms with Crippen molar-refractivity contribution in [3.63, 3.8) is 0 Å². The Balaban J connectivity index is 1.31.